The van der Waals surface area contributed by atoms with E-state index in [4.69, 9.17) is 0 Å². The fourth-order valence-corrected chi connectivity index (χ4v) is 14.5. The first kappa shape index (κ1) is 49.5. The van der Waals surface area contributed by atoms with Crippen molar-refractivity contribution >= 4 is 44.4 Å². The molecule has 7 heterocycles. The molecule has 72 heavy (non-hydrogen) atoms. The first-order valence-electron chi connectivity index (χ1n) is 26.6. The summed E-state index contributed by atoms with van der Waals surface area (Å²) in [7, 11) is 6.72. The average molecular weight is 961 g/mol. The van der Waals surface area contributed by atoms with Crippen LogP contribution in [0.1, 0.15) is 150 Å². The summed E-state index contributed by atoms with van der Waals surface area (Å²) < 4.78 is 12.5. The highest BCUT2D eigenvalue weighted by Gasteiger charge is 2.58. The van der Waals surface area contributed by atoms with Crippen LogP contribution >= 0.6 is 0 Å². The molecule has 3 aromatic heterocycles. The second-order valence-corrected chi connectivity index (χ2v) is 24.1. The van der Waals surface area contributed by atoms with E-state index in [0.29, 0.717) is 12.1 Å². The summed E-state index contributed by atoms with van der Waals surface area (Å²) in [4.78, 5) is 7.32. The Labute approximate surface area is 430 Å². The lowest BCUT2D eigenvalue weighted by molar-refractivity contribution is -0.648. The molecule has 4 aromatic carbocycles. The van der Waals surface area contributed by atoms with Crippen LogP contribution in [0.2, 0.25) is 0 Å². The van der Waals surface area contributed by atoms with Gasteiger partial charge in [-0.25, -0.2) is 23.2 Å². The zero-order valence-corrected chi connectivity index (χ0v) is 48.2. The van der Waals surface area contributed by atoms with Gasteiger partial charge in [0.05, 0.1) is 38.6 Å². The summed E-state index contributed by atoms with van der Waals surface area (Å²) in [6, 6.07) is 18.7. The largest absolute Gasteiger partial charge is 0.290 e. The van der Waals surface area contributed by atoms with E-state index in [9.17, 15) is 0 Å². The maximum absolute atomic E-state index is 4.61. The lowest BCUT2D eigenvalue weighted by Crippen LogP contribution is -2.55. The number of fused-ring (bicyclic) bond motifs is 13. The number of aryl methyl sites for hydroxylation is 6. The second-order valence-electron chi connectivity index (χ2n) is 24.1. The Hall–Kier alpha value is -6.08. The van der Waals surface area contributed by atoms with Crippen molar-refractivity contribution in [3.05, 3.63) is 150 Å². The summed E-state index contributed by atoms with van der Waals surface area (Å²) in [6.07, 6.45) is 2.92. The number of pyridine rings is 1. The highest BCUT2D eigenvalue weighted by molar-refractivity contribution is 5.92. The molecule has 0 saturated heterocycles. The number of benzene rings is 4. The minimum absolute atomic E-state index is 0.0188. The van der Waals surface area contributed by atoms with E-state index in [-0.39, 0.29) is 16.6 Å². The van der Waals surface area contributed by atoms with E-state index in [1.54, 1.807) is 0 Å². The Morgan fingerprint density at radius 2 is 1.06 bits per heavy atom. The van der Waals surface area contributed by atoms with Crippen LogP contribution in [0.15, 0.2) is 82.6 Å². The van der Waals surface area contributed by atoms with Crippen LogP contribution in [0.25, 0.3) is 49.9 Å². The molecule has 0 radical (unpaired) electrons. The number of likely N-dealkylation sites (N-methyl/N-ethyl adjacent to an activating group) is 1. The molecule has 374 valence electrons. The van der Waals surface area contributed by atoms with E-state index in [0.717, 1.165) is 11.9 Å². The molecule has 2 unspecified atom stereocenters. The summed E-state index contributed by atoms with van der Waals surface area (Å²) in [5.74, 6) is 4.13. The standard InChI is InChI=1S/C24H26N3.C22H29N2.C19H27N2/c1-13-14(2)16(4)22-21(15(13)3)26(7)23-18-12-20-17(9-8-10-25-20)11-19(18)24(5,6)27(22)23;1-13-14(2)16(4)21-20(15(13)3)23(7)19-12-17-10-8-9-11-18(17)22(5,6)24(19)21;1-10-11(2)13(4)17-16(12(10)3)20(9)18-14(5)15(6)19(7,8)21(17)18/h8-12H,1-7H3;8-11,20-21H,12H2,1-7H3;1-9H3/q3*+1. The highest BCUT2D eigenvalue weighted by atomic mass is 15.4. The van der Waals surface area contributed by atoms with Gasteiger partial charge in [-0.15, -0.1) is 0 Å². The normalized spacial score (nSPS) is 19.9. The molecule has 5 aliphatic rings. The van der Waals surface area contributed by atoms with Gasteiger partial charge in [-0.05, 0) is 212 Å². The van der Waals surface area contributed by atoms with Crippen molar-refractivity contribution < 1.29 is 13.7 Å². The van der Waals surface area contributed by atoms with E-state index in [2.05, 4.69) is 235 Å². The van der Waals surface area contributed by atoms with Gasteiger partial charge >= 0.3 is 0 Å². The Balaban J connectivity index is 0.000000125. The minimum atomic E-state index is -0.104. The number of nitrogens with zero attached hydrogens (tertiary/aromatic N) is 7. The summed E-state index contributed by atoms with van der Waals surface area (Å²) in [5.41, 5.74) is 32.4. The molecule has 0 amide bonds. The Kier molecular flexibility index (Phi) is 11.1. The predicted octanol–water partition coefficient (Wildman–Crippen LogP) is 13.5. The molecule has 4 aliphatic heterocycles. The van der Waals surface area contributed by atoms with Crippen LogP contribution in [-0.2, 0) is 37.1 Å². The van der Waals surface area contributed by atoms with Crippen LogP contribution in [-0.4, -0.2) is 48.6 Å². The zero-order valence-electron chi connectivity index (χ0n) is 48.2. The number of allylic oxidation sites excluding steroid dienone is 4. The molecular weight excluding hydrogens is 879 g/mol. The van der Waals surface area contributed by atoms with Gasteiger partial charge in [-0.3, -0.25) is 9.56 Å². The van der Waals surface area contributed by atoms with Gasteiger partial charge in [0.25, 0.3) is 17.5 Å². The van der Waals surface area contributed by atoms with E-state index >= 15 is 0 Å². The van der Waals surface area contributed by atoms with Crippen LogP contribution in [0.4, 0.5) is 0 Å². The third-order valence-corrected chi connectivity index (χ3v) is 19.9. The molecule has 2 atom stereocenters. The molecule has 7 heteroatoms. The Bertz CT molecular complexity index is 3710. The molecule has 1 aliphatic carbocycles. The third-order valence-electron chi connectivity index (χ3n) is 19.9. The summed E-state index contributed by atoms with van der Waals surface area (Å²) in [6.45, 7) is 46.0. The first-order valence-corrected chi connectivity index (χ1v) is 26.6. The average Bonchev–Trinajstić information content (AvgIpc) is 4.06. The molecule has 0 spiro atoms. The summed E-state index contributed by atoms with van der Waals surface area (Å²) >= 11 is 0. The second kappa shape index (κ2) is 16.2. The van der Waals surface area contributed by atoms with Gasteiger partial charge in [0.1, 0.15) is 16.6 Å². The minimum Gasteiger partial charge on any atom is -0.257 e. The van der Waals surface area contributed by atoms with Gasteiger partial charge in [-0.1, -0.05) is 30.3 Å². The number of hydrogen-bond donors (Lipinski definition) is 0. The van der Waals surface area contributed by atoms with E-state index in [1.165, 1.54) is 145 Å². The van der Waals surface area contributed by atoms with Crippen LogP contribution < -0.4 is 9.13 Å². The number of aromatic nitrogens is 5. The Morgan fingerprint density at radius 1 is 0.528 bits per heavy atom. The fraction of sp³-hybridized carbons (Fsp3) is 0.446. The van der Waals surface area contributed by atoms with E-state index < -0.39 is 0 Å². The van der Waals surface area contributed by atoms with Crippen molar-refractivity contribution in [3.8, 4) is 11.4 Å². The lowest BCUT2D eigenvalue weighted by Gasteiger charge is -2.42. The number of hydrogen-bond acceptors (Lipinski definition) is 2. The zero-order chi connectivity index (χ0) is 52.5. The molecule has 0 bridgehead atoms. The van der Waals surface area contributed by atoms with Gasteiger partial charge in [-0.2, -0.15) is 0 Å². The molecule has 0 saturated carbocycles. The quantitative estimate of drug-likeness (QED) is 0.142. The molecular formula is C65H82N7+3. The Morgan fingerprint density at radius 3 is 1.65 bits per heavy atom. The maximum atomic E-state index is 4.61. The molecule has 7 nitrogen and oxygen atoms in total. The van der Waals surface area contributed by atoms with Crippen LogP contribution in [0.3, 0.4) is 0 Å². The van der Waals surface area contributed by atoms with Crippen LogP contribution in [0.5, 0.6) is 0 Å². The van der Waals surface area contributed by atoms with Crippen LogP contribution in [0, 0.1) is 55.4 Å². The van der Waals surface area contributed by atoms with Crippen molar-refractivity contribution in [3.63, 3.8) is 0 Å². The van der Waals surface area contributed by atoms with Crippen molar-refractivity contribution in [1.82, 2.24) is 19.0 Å². The lowest BCUT2D eigenvalue weighted by atomic mass is 9.77. The smallest absolute Gasteiger partial charge is 0.257 e. The SMILES string of the molecule is CC1=C(C)C(C)(C)n2c1[n+](C)c1c(C)c(C)c(C)c(C)c12.CC1=C(C)C2C(C(C)=C1C)[N+](C)=C1Cc3ccccc3C(C)(C)N12.Cc1c(C)c(C)c2c(c1C)n1c([n+]2C)-c2cc3ncccc3cc2C1(C)C. The maximum Gasteiger partial charge on any atom is 0.290 e. The molecule has 0 fully saturated rings. The number of imidazole rings is 2. The van der Waals surface area contributed by atoms with E-state index in [1.807, 2.05) is 12.3 Å². The van der Waals surface area contributed by atoms with Gasteiger partial charge in [0.2, 0.25) is 0 Å². The molecule has 7 aromatic rings. The first-order chi connectivity index (χ1) is 33.6. The molecule has 0 N–H and O–H groups in total. The van der Waals surface area contributed by atoms with Gasteiger partial charge in [0.15, 0.2) is 34.2 Å². The monoisotopic (exact) mass is 961 g/mol. The highest BCUT2D eigenvalue weighted by Crippen LogP contribution is 2.49. The summed E-state index contributed by atoms with van der Waals surface area (Å²) in [5, 5.41) is 1.21. The van der Waals surface area contributed by atoms with Crippen molar-refractivity contribution in [1.29, 1.82) is 0 Å². The predicted molar refractivity (Wildman–Crippen MR) is 301 cm³/mol. The fourth-order valence-electron chi connectivity index (χ4n) is 14.5. The van der Waals surface area contributed by atoms with Crippen molar-refractivity contribution in [2.24, 2.45) is 14.1 Å². The third kappa shape index (κ3) is 6.33. The topological polar surface area (TPSA) is 36.8 Å². The molecule has 12 rings (SSSR count). The number of amidine groups is 1. The number of rotatable bonds is 0. The van der Waals surface area contributed by atoms with Gasteiger partial charge in [0, 0.05) is 50.5 Å². The van der Waals surface area contributed by atoms with Crippen molar-refractivity contribution in [2.45, 2.75) is 174 Å². The van der Waals surface area contributed by atoms with Crippen molar-refractivity contribution in [2.75, 3.05) is 7.05 Å². The van der Waals surface area contributed by atoms with Gasteiger partial charge < -0.3 is 0 Å².